The summed E-state index contributed by atoms with van der Waals surface area (Å²) < 4.78 is 4.05. The molecule has 0 atom stereocenters. The summed E-state index contributed by atoms with van der Waals surface area (Å²) in [7, 11) is 0. The topological polar surface area (TPSA) is 0 Å². The third-order valence-corrected chi connectivity index (χ3v) is 7.78. The van der Waals surface area contributed by atoms with Crippen LogP contribution in [0.5, 0.6) is 0 Å². The third-order valence-electron chi connectivity index (χ3n) is 2.02. The SMILES string of the molecule is S=c1sc2c(s1)SCCCCCCS2. The smallest absolute Gasteiger partial charge is 0.113 e. The van der Waals surface area contributed by atoms with Gasteiger partial charge in [-0.05, 0) is 24.3 Å². The Morgan fingerprint density at radius 3 is 1.79 bits per heavy atom. The Kier molecular flexibility index (Phi) is 4.82. The fourth-order valence-electron chi connectivity index (χ4n) is 1.32. The molecule has 0 nitrogen and oxygen atoms in total. The molecule has 0 bridgehead atoms. The fourth-order valence-corrected chi connectivity index (χ4v) is 7.57. The summed E-state index contributed by atoms with van der Waals surface area (Å²) in [5, 5.41) is 0. The lowest BCUT2D eigenvalue weighted by atomic mass is 10.2. The van der Waals surface area contributed by atoms with Crippen molar-refractivity contribution in [1.82, 2.24) is 0 Å². The number of hydrogen-bond donors (Lipinski definition) is 0. The molecule has 0 N–H and O–H groups in total. The van der Waals surface area contributed by atoms with E-state index in [9.17, 15) is 0 Å². The highest BCUT2D eigenvalue weighted by atomic mass is 32.2. The molecule has 0 aliphatic carbocycles. The Labute approximate surface area is 107 Å². The molecule has 0 fully saturated rings. The second kappa shape index (κ2) is 5.89. The zero-order valence-corrected chi connectivity index (χ0v) is 11.9. The molecule has 2 rings (SSSR count). The van der Waals surface area contributed by atoms with E-state index in [4.69, 9.17) is 12.2 Å². The summed E-state index contributed by atoms with van der Waals surface area (Å²) in [4.78, 5) is 0. The molecule has 1 aromatic rings. The van der Waals surface area contributed by atoms with Crippen LogP contribution in [-0.2, 0) is 0 Å². The Morgan fingerprint density at radius 1 is 0.786 bits per heavy atom. The largest absolute Gasteiger partial charge is 0.145 e. The van der Waals surface area contributed by atoms with Crippen LogP contribution >= 0.6 is 58.4 Å². The van der Waals surface area contributed by atoms with Gasteiger partial charge in [-0.15, -0.1) is 46.2 Å². The Morgan fingerprint density at radius 2 is 1.29 bits per heavy atom. The normalized spacial score (nSPS) is 18.9. The van der Waals surface area contributed by atoms with Crippen LogP contribution < -0.4 is 0 Å². The molecule has 0 saturated carbocycles. The number of thioether (sulfide) groups is 2. The number of hydrogen-bond acceptors (Lipinski definition) is 5. The third kappa shape index (κ3) is 3.23. The van der Waals surface area contributed by atoms with Crippen LogP contribution in [0.4, 0.5) is 0 Å². The zero-order chi connectivity index (χ0) is 9.80. The van der Waals surface area contributed by atoms with Crippen molar-refractivity contribution < 1.29 is 0 Å². The van der Waals surface area contributed by atoms with E-state index in [0.29, 0.717) is 0 Å². The van der Waals surface area contributed by atoms with Crippen LogP contribution in [-0.4, -0.2) is 11.5 Å². The summed E-state index contributed by atoms with van der Waals surface area (Å²) in [6.45, 7) is 0. The van der Waals surface area contributed by atoms with Crippen molar-refractivity contribution in [3.63, 3.8) is 0 Å². The van der Waals surface area contributed by atoms with E-state index < -0.39 is 0 Å². The molecule has 0 amide bonds. The van der Waals surface area contributed by atoms with Gasteiger partial charge in [0.2, 0.25) is 0 Å². The van der Waals surface area contributed by atoms with Gasteiger partial charge >= 0.3 is 0 Å². The van der Waals surface area contributed by atoms with Gasteiger partial charge in [-0.25, -0.2) is 0 Å². The van der Waals surface area contributed by atoms with E-state index in [1.807, 2.05) is 23.5 Å². The molecule has 0 unspecified atom stereocenters. The molecule has 1 aliphatic rings. The predicted octanol–water partition coefficient (Wildman–Crippen LogP) is 5.30. The van der Waals surface area contributed by atoms with E-state index in [0.717, 1.165) is 3.14 Å². The van der Waals surface area contributed by atoms with E-state index in [1.165, 1.54) is 45.6 Å². The van der Waals surface area contributed by atoms with E-state index in [2.05, 4.69) is 0 Å². The van der Waals surface area contributed by atoms with E-state index >= 15 is 0 Å². The van der Waals surface area contributed by atoms with Crippen molar-refractivity contribution in [2.75, 3.05) is 11.5 Å². The average molecular weight is 281 g/mol. The molecule has 0 spiro atoms. The van der Waals surface area contributed by atoms with Crippen LogP contribution in [0.25, 0.3) is 0 Å². The first-order valence-electron chi connectivity index (χ1n) is 4.76. The van der Waals surface area contributed by atoms with Crippen molar-refractivity contribution in [1.29, 1.82) is 0 Å². The van der Waals surface area contributed by atoms with Gasteiger partial charge in [0.05, 0.1) is 8.42 Å². The molecule has 0 radical (unpaired) electrons. The van der Waals surface area contributed by atoms with Gasteiger partial charge in [0.1, 0.15) is 3.14 Å². The van der Waals surface area contributed by atoms with Gasteiger partial charge < -0.3 is 0 Å². The van der Waals surface area contributed by atoms with Gasteiger partial charge in [-0.1, -0.05) is 25.1 Å². The van der Waals surface area contributed by atoms with Crippen molar-refractivity contribution in [3.8, 4) is 0 Å². The fraction of sp³-hybridized carbons (Fsp3) is 0.667. The molecule has 5 heteroatoms. The van der Waals surface area contributed by atoms with E-state index in [1.54, 1.807) is 22.7 Å². The highest BCUT2D eigenvalue weighted by Crippen LogP contribution is 2.41. The lowest BCUT2D eigenvalue weighted by Crippen LogP contribution is -1.86. The molecule has 2 heterocycles. The maximum Gasteiger partial charge on any atom is 0.145 e. The van der Waals surface area contributed by atoms with Crippen LogP contribution in [0.15, 0.2) is 8.42 Å². The molecule has 14 heavy (non-hydrogen) atoms. The van der Waals surface area contributed by atoms with Gasteiger partial charge in [0, 0.05) is 0 Å². The van der Waals surface area contributed by atoms with Crippen LogP contribution in [0.1, 0.15) is 25.7 Å². The molecule has 1 aromatic heterocycles. The minimum absolute atomic E-state index is 1.09. The van der Waals surface area contributed by atoms with Crippen LogP contribution in [0.3, 0.4) is 0 Å². The highest BCUT2D eigenvalue weighted by molar-refractivity contribution is 8.05. The Hall–Kier alpha value is 0.970. The lowest BCUT2D eigenvalue weighted by Gasteiger charge is -2.06. The number of rotatable bonds is 0. The second-order valence-corrected chi connectivity index (χ2v) is 9.09. The molecule has 0 saturated heterocycles. The van der Waals surface area contributed by atoms with Gasteiger partial charge in [-0.3, -0.25) is 0 Å². The minimum atomic E-state index is 1.09. The van der Waals surface area contributed by atoms with Crippen molar-refractivity contribution in [2.45, 2.75) is 34.1 Å². The summed E-state index contributed by atoms with van der Waals surface area (Å²) in [5.41, 5.74) is 0. The monoisotopic (exact) mass is 280 g/mol. The Balaban J connectivity index is 2.13. The molecular formula is C9H12S5. The molecular weight excluding hydrogens is 268 g/mol. The summed E-state index contributed by atoms with van der Waals surface area (Å²) >= 11 is 12.9. The highest BCUT2D eigenvalue weighted by Gasteiger charge is 2.09. The quantitative estimate of drug-likeness (QED) is 0.592. The standard InChI is InChI=1S/C9H12S5/c10-9-13-7-8(14-9)12-6-4-2-1-3-5-11-7/h1-6H2. The first-order chi connectivity index (χ1) is 6.86. The van der Waals surface area contributed by atoms with Gasteiger partial charge in [-0.2, -0.15) is 0 Å². The predicted molar refractivity (Wildman–Crippen MR) is 72.9 cm³/mol. The molecule has 1 aliphatic heterocycles. The van der Waals surface area contributed by atoms with Gasteiger partial charge in [0.15, 0.2) is 0 Å². The maximum absolute atomic E-state index is 5.25. The second-order valence-electron chi connectivity index (χ2n) is 3.14. The van der Waals surface area contributed by atoms with E-state index in [-0.39, 0.29) is 0 Å². The van der Waals surface area contributed by atoms with Crippen molar-refractivity contribution in [3.05, 3.63) is 3.14 Å². The lowest BCUT2D eigenvalue weighted by molar-refractivity contribution is 0.710. The molecule has 0 aromatic carbocycles. The van der Waals surface area contributed by atoms with Gasteiger partial charge in [0.25, 0.3) is 0 Å². The average Bonchev–Trinajstić information content (AvgIpc) is 2.52. The summed E-state index contributed by atoms with van der Waals surface area (Å²) in [6, 6.07) is 0. The minimum Gasteiger partial charge on any atom is -0.113 e. The van der Waals surface area contributed by atoms with Crippen LogP contribution in [0.2, 0.25) is 0 Å². The summed E-state index contributed by atoms with van der Waals surface area (Å²) in [6.07, 6.45) is 5.53. The maximum atomic E-state index is 5.25. The first-order valence-corrected chi connectivity index (χ1v) is 8.77. The van der Waals surface area contributed by atoms with Crippen molar-refractivity contribution >= 4 is 58.4 Å². The summed E-state index contributed by atoms with van der Waals surface area (Å²) in [5.74, 6) is 2.55. The Bertz CT molecular complexity index is 307. The zero-order valence-electron chi connectivity index (χ0n) is 7.78. The van der Waals surface area contributed by atoms with Crippen LogP contribution in [0, 0.1) is 3.14 Å². The molecule has 78 valence electrons. The number of fused-ring (bicyclic) bond motifs is 1. The first kappa shape index (κ1) is 11.5. The van der Waals surface area contributed by atoms with Crippen molar-refractivity contribution in [2.24, 2.45) is 0 Å².